The second-order valence-corrected chi connectivity index (χ2v) is 9.17. The lowest BCUT2D eigenvalue weighted by atomic mass is 9.97. The predicted molar refractivity (Wildman–Crippen MR) is 146 cm³/mol. The number of likely N-dealkylation sites (N-methyl/N-ethyl adjacent to an activating group) is 1. The first-order valence-corrected chi connectivity index (χ1v) is 12.7. The molecule has 1 aliphatic heterocycles. The van der Waals surface area contributed by atoms with Crippen LogP contribution in [0.5, 0.6) is 0 Å². The maximum absolute atomic E-state index is 13.2. The lowest BCUT2D eigenvalue weighted by Crippen LogP contribution is -2.46. The van der Waals surface area contributed by atoms with Crippen molar-refractivity contribution in [1.82, 2.24) is 24.8 Å². The van der Waals surface area contributed by atoms with Crippen LogP contribution in [0.4, 0.5) is 11.6 Å². The molecule has 4 heterocycles. The van der Waals surface area contributed by atoms with Crippen LogP contribution in [0.3, 0.4) is 0 Å². The van der Waals surface area contributed by atoms with Crippen molar-refractivity contribution in [3.05, 3.63) is 95.7 Å². The Kier molecular flexibility index (Phi) is 7.46. The third-order valence-corrected chi connectivity index (χ3v) is 6.84. The van der Waals surface area contributed by atoms with Crippen LogP contribution in [0.15, 0.2) is 73.3 Å². The number of hydrogen-bond acceptors (Lipinski definition) is 7. The van der Waals surface area contributed by atoms with Gasteiger partial charge in [-0.05, 0) is 67.1 Å². The van der Waals surface area contributed by atoms with Gasteiger partial charge in [0.2, 0.25) is 0 Å². The van der Waals surface area contributed by atoms with Gasteiger partial charge < -0.3 is 15.1 Å². The second-order valence-electron chi connectivity index (χ2n) is 9.17. The summed E-state index contributed by atoms with van der Waals surface area (Å²) in [6.07, 6.45) is 5.64. The van der Waals surface area contributed by atoms with Crippen molar-refractivity contribution >= 4 is 17.5 Å². The van der Waals surface area contributed by atoms with Gasteiger partial charge >= 0.3 is 0 Å². The van der Waals surface area contributed by atoms with E-state index in [1.165, 1.54) is 6.33 Å². The van der Waals surface area contributed by atoms with Crippen molar-refractivity contribution in [2.45, 2.75) is 20.3 Å². The molecule has 0 radical (unpaired) electrons. The fourth-order valence-corrected chi connectivity index (χ4v) is 4.60. The number of benzene rings is 1. The summed E-state index contributed by atoms with van der Waals surface area (Å²) in [6, 6.07) is 17.4. The molecule has 0 bridgehead atoms. The predicted octanol–water partition coefficient (Wildman–Crippen LogP) is 4.23. The quantitative estimate of drug-likeness (QED) is 0.412. The van der Waals surface area contributed by atoms with Crippen LogP contribution in [-0.2, 0) is 6.42 Å². The molecule has 1 fully saturated rings. The van der Waals surface area contributed by atoms with Crippen molar-refractivity contribution in [3.63, 3.8) is 0 Å². The van der Waals surface area contributed by atoms with Gasteiger partial charge in [0.15, 0.2) is 0 Å². The number of carbonyl (C=O) groups is 1. The van der Waals surface area contributed by atoms with E-state index >= 15 is 0 Å². The Labute approximate surface area is 217 Å². The van der Waals surface area contributed by atoms with E-state index < -0.39 is 0 Å². The number of hydrogen-bond donors (Lipinski definition) is 1. The molecule has 8 heteroatoms. The third-order valence-electron chi connectivity index (χ3n) is 6.84. The number of nitrogens with one attached hydrogen (secondary N) is 1. The molecule has 0 saturated carbocycles. The van der Waals surface area contributed by atoms with Gasteiger partial charge in [0.25, 0.3) is 5.91 Å². The molecule has 0 spiro atoms. The SMILES string of the molecule is CCN1CCN(c2cccc(NC(=O)c3ccc(C)c(Cc4ncccc4-c4ccncn4)c3)n2)CC1. The standard InChI is InChI=1S/C29H31N7O/c1-3-35-14-16-36(17-15-35)28-8-4-7-27(33-28)34-29(37)22-10-9-21(2)23(18-22)19-26-24(6-5-12-31-26)25-11-13-30-20-32-25/h4-13,18,20H,3,14-17,19H2,1-2H3,(H,33,34,37). The number of anilines is 2. The van der Waals surface area contributed by atoms with E-state index in [0.717, 1.165) is 66.6 Å². The Morgan fingerprint density at radius 2 is 1.84 bits per heavy atom. The molecule has 1 aromatic carbocycles. The monoisotopic (exact) mass is 493 g/mol. The van der Waals surface area contributed by atoms with Crippen molar-refractivity contribution in [1.29, 1.82) is 0 Å². The van der Waals surface area contributed by atoms with Crippen LogP contribution in [0, 0.1) is 6.92 Å². The second kappa shape index (κ2) is 11.3. The number of aromatic nitrogens is 4. The van der Waals surface area contributed by atoms with Gasteiger partial charge in [0.1, 0.15) is 18.0 Å². The van der Waals surface area contributed by atoms with E-state index in [4.69, 9.17) is 4.98 Å². The molecule has 0 atom stereocenters. The van der Waals surface area contributed by atoms with E-state index in [2.05, 4.69) is 37.0 Å². The van der Waals surface area contributed by atoms with Gasteiger partial charge in [-0.25, -0.2) is 15.0 Å². The number of carbonyl (C=O) groups excluding carboxylic acids is 1. The highest BCUT2D eigenvalue weighted by atomic mass is 16.1. The summed E-state index contributed by atoms with van der Waals surface area (Å²) in [7, 11) is 0. The Hall–Kier alpha value is -4.17. The van der Waals surface area contributed by atoms with Crippen molar-refractivity contribution < 1.29 is 4.79 Å². The summed E-state index contributed by atoms with van der Waals surface area (Å²) in [5.41, 5.74) is 5.41. The number of pyridine rings is 2. The Bertz CT molecular complexity index is 1370. The molecule has 1 saturated heterocycles. The molecule has 1 amide bonds. The minimum atomic E-state index is -0.182. The molecular formula is C29H31N7O. The van der Waals surface area contributed by atoms with Gasteiger partial charge in [-0.3, -0.25) is 9.78 Å². The van der Waals surface area contributed by atoms with E-state index in [9.17, 15) is 4.79 Å². The number of amides is 1. The highest BCUT2D eigenvalue weighted by Gasteiger charge is 2.18. The fraction of sp³-hybridized carbons (Fsp3) is 0.276. The zero-order chi connectivity index (χ0) is 25.6. The van der Waals surface area contributed by atoms with Gasteiger partial charge in [-0.1, -0.05) is 19.1 Å². The van der Waals surface area contributed by atoms with Crippen molar-refractivity contribution in [2.75, 3.05) is 42.9 Å². The topological polar surface area (TPSA) is 87.1 Å². The lowest BCUT2D eigenvalue weighted by Gasteiger charge is -2.34. The third kappa shape index (κ3) is 5.81. The van der Waals surface area contributed by atoms with E-state index in [1.54, 1.807) is 12.4 Å². The summed E-state index contributed by atoms with van der Waals surface area (Å²) >= 11 is 0. The number of piperazine rings is 1. The first kappa shape index (κ1) is 24.5. The van der Waals surface area contributed by atoms with Gasteiger partial charge in [-0.15, -0.1) is 0 Å². The number of rotatable bonds is 7. The van der Waals surface area contributed by atoms with Crippen LogP contribution in [0.1, 0.15) is 34.1 Å². The Morgan fingerprint density at radius 3 is 2.62 bits per heavy atom. The summed E-state index contributed by atoms with van der Waals surface area (Å²) in [6.45, 7) is 9.22. The zero-order valence-corrected chi connectivity index (χ0v) is 21.3. The average molecular weight is 494 g/mol. The highest BCUT2D eigenvalue weighted by Crippen LogP contribution is 2.24. The van der Waals surface area contributed by atoms with Crippen molar-refractivity contribution in [2.24, 2.45) is 0 Å². The summed E-state index contributed by atoms with van der Waals surface area (Å²) in [5, 5.41) is 2.99. The van der Waals surface area contributed by atoms with Gasteiger partial charge in [0.05, 0.1) is 11.4 Å². The van der Waals surface area contributed by atoms with Crippen LogP contribution in [0.2, 0.25) is 0 Å². The zero-order valence-electron chi connectivity index (χ0n) is 21.3. The summed E-state index contributed by atoms with van der Waals surface area (Å²) < 4.78 is 0. The maximum Gasteiger partial charge on any atom is 0.256 e. The van der Waals surface area contributed by atoms with Gasteiger partial charge in [-0.2, -0.15) is 0 Å². The molecule has 37 heavy (non-hydrogen) atoms. The molecule has 3 aromatic heterocycles. The molecule has 4 aromatic rings. The highest BCUT2D eigenvalue weighted by molar-refractivity contribution is 6.04. The number of aryl methyl sites for hydroxylation is 1. The van der Waals surface area contributed by atoms with Crippen molar-refractivity contribution in [3.8, 4) is 11.3 Å². The van der Waals surface area contributed by atoms with Crippen LogP contribution in [-0.4, -0.2) is 63.5 Å². The molecule has 1 N–H and O–H groups in total. The van der Waals surface area contributed by atoms with Crippen LogP contribution < -0.4 is 10.2 Å². The normalized spacial score (nSPS) is 13.9. The van der Waals surface area contributed by atoms with E-state index in [0.29, 0.717) is 17.8 Å². The van der Waals surface area contributed by atoms with Gasteiger partial charge in [0, 0.05) is 56.1 Å². The molecule has 0 unspecified atom stereocenters. The average Bonchev–Trinajstić information content (AvgIpc) is 2.95. The molecular weight excluding hydrogens is 462 g/mol. The largest absolute Gasteiger partial charge is 0.354 e. The molecule has 5 rings (SSSR count). The van der Waals surface area contributed by atoms with Crippen LogP contribution in [0.25, 0.3) is 11.3 Å². The number of nitrogens with zero attached hydrogens (tertiary/aromatic N) is 6. The smallest absolute Gasteiger partial charge is 0.256 e. The molecule has 0 aliphatic carbocycles. The first-order valence-electron chi connectivity index (χ1n) is 12.7. The van der Waals surface area contributed by atoms with Crippen LogP contribution >= 0.6 is 0 Å². The molecule has 1 aliphatic rings. The van der Waals surface area contributed by atoms with E-state index in [-0.39, 0.29) is 5.91 Å². The fourth-order valence-electron chi connectivity index (χ4n) is 4.60. The molecule has 8 nitrogen and oxygen atoms in total. The minimum absolute atomic E-state index is 0.182. The Morgan fingerprint density at radius 1 is 0.973 bits per heavy atom. The summed E-state index contributed by atoms with van der Waals surface area (Å²) in [5.74, 6) is 1.27. The lowest BCUT2D eigenvalue weighted by molar-refractivity contribution is 0.102. The Balaban J connectivity index is 1.32. The van der Waals surface area contributed by atoms with E-state index in [1.807, 2.05) is 61.5 Å². The maximum atomic E-state index is 13.2. The minimum Gasteiger partial charge on any atom is -0.354 e. The molecule has 188 valence electrons. The first-order chi connectivity index (χ1) is 18.1. The summed E-state index contributed by atoms with van der Waals surface area (Å²) in [4.78, 5) is 35.6.